The summed E-state index contributed by atoms with van der Waals surface area (Å²) in [7, 11) is 0. The lowest BCUT2D eigenvalue weighted by Crippen LogP contribution is -1.90. The average molecular weight is 251 g/mol. The third kappa shape index (κ3) is 1.32. The number of thiophene rings is 1. The van der Waals surface area contributed by atoms with Gasteiger partial charge in [-0.3, -0.25) is 4.40 Å². The molecule has 6 heteroatoms. The minimum Gasteiger partial charge on any atom is -0.278 e. The van der Waals surface area contributed by atoms with Gasteiger partial charge in [0.05, 0.1) is 4.88 Å². The molecule has 4 nitrogen and oxygen atoms in total. The van der Waals surface area contributed by atoms with Gasteiger partial charge in [0.15, 0.2) is 16.6 Å². The van der Waals surface area contributed by atoms with Crippen molar-refractivity contribution in [1.29, 1.82) is 0 Å². The Morgan fingerprint density at radius 2 is 2.25 bits per heavy atom. The molecule has 0 atom stereocenters. The van der Waals surface area contributed by atoms with E-state index in [1.807, 2.05) is 16.0 Å². The maximum absolute atomic E-state index is 5.94. The van der Waals surface area contributed by atoms with Gasteiger partial charge in [0.1, 0.15) is 0 Å². The highest BCUT2D eigenvalue weighted by Gasteiger charge is 2.13. The number of hydrogen-bond donors (Lipinski definition) is 0. The molecule has 0 aromatic carbocycles. The van der Waals surface area contributed by atoms with E-state index in [-0.39, 0.29) is 0 Å². The van der Waals surface area contributed by atoms with Crippen molar-refractivity contribution in [3.8, 4) is 10.7 Å². The molecule has 0 aliphatic heterocycles. The Bertz CT molecular complexity index is 658. The van der Waals surface area contributed by atoms with Gasteiger partial charge in [0.2, 0.25) is 0 Å². The number of aromatic nitrogens is 4. The molecule has 3 rings (SSSR count). The van der Waals surface area contributed by atoms with E-state index in [2.05, 4.69) is 28.2 Å². The van der Waals surface area contributed by atoms with Crippen LogP contribution >= 0.6 is 22.9 Å². The monoisotopic (exact) mass is 250 g/mol. The van der Waals surface area contributed by atoms with Crippen LogP contribution in [0.2, 0.25) is 5.15 Å². The highest BCUT2D eigenvalue weighted by Crippen LogP contribution is 2.28. The third-order valence-corrected chi connectivity index (χ3v) is 3.63. The number of aryl methyl sites for hydroxylation is 1. The summed E-state index contributed by atoms with van der Waals surface area (Å²) >= 11 is 7.58. The van der Waals surface area contributed by atoms with Crippen LogP contribution in [0.3, 0.4) is 0 Å². The minimum absolute atomic E-state index is 0.371. The standard InChI is InChI=1S/C10H7ClN4S/c1-6-2-5-16-7(6)9-13-14-10-8(11)12-3-4-15(9)10/h2-5H,1H3. The van der Waals surface area contributed by atoms with Gasteiger partial charge in [-0.25, -0.2) is 4.98 Å². The maximum atomic E-state index is 5.94. The molecule has 0 N–H and O–H groups in total. The molecule has 0 amide bonds. The van der Waals surface area contributed by atoms with Gasteiger partial charge < -0.3 is 0 Å². The Morgan fingerprint density at radius 3 is 3.00 bits per heavy atom. The third-order valence-electron chi connectivity index (χ3n) is 2.35. The first-order chi connectivity index (χ1) is 7.77. The van der Waals surface area contributed by atoms with Crippen molar-refractivity contribution in [2.75, 3.05) is 0 Å². The topological polar surface area (TPSA) is 43.1 Å². The molecule has 3 aromatic rings. The van der Waals surface area contributed by atoms with Crippen molar-refractivity contribution < 1.29 is 0 Å². The van der Waals surface area contributed by atoms with Crippen LogP contribution in [-0.4, -0.2) is 19.6 Å². The van der Waals surface area contributed by atoms with Crippen LogP contribution < -0.4 is 0 Å². The molecule has 0 fully saturated rings. The van der Waals surface area contributed by atoms with Gasteiger partial charge in [0, 0.05) is 12.4 Å². The lowest BCUT2D eigenvalue weighted by atomic mass is 10.3. The van der Waals surface area contributed by atoms with Crippen molar-refractivity contribution in [1.82, 2.24) is 19.6 Å². The van der Waals surface area contributed by atoms with Crippen molar-refractivity contribution in [2.24, 2.45) is 0 Å². The fourth-order valence-electron chi connectivity index (χ4n) is 1.55. The van der Waals surface area contributed by atoms with E-state index in [1.165, 1.54) is 5.56 Å². The molecule has 0 bridgehead atoms. The van der Waals surface area contributed by atoms with Gasteiger partial charge in [-0.15, -0.1) is 21.5 Å². The molecule has 0 aliphatic rings. The molecular weight excluding hydrogens is 244 g/mol. The van der Waals surface area contributed by atoms with Crippen LogP contribution in [0.15, 0.2) is 23.8 Å². The van der Waals surface area contributed by atoms with E-state index in [0.29, 0.717) is 10.8 Å². The average Bonchev–Trinajstić information content (AvgIpc) is 2.84. The molecule has 3 aromatic heterocycles. The quantitative estimate of drug-likeness (QED) is 0.667. The molecule has 0 aliphatic carbocycles. The van der Waals surface area contributed by atoms with E-state index in [1.54, 1.807) is 17.5 Å². The molecule has 0 spiro atoms. The Morgan fingerprint density at radius 1 is 1.38 bits per heavy atom. The summed E-state index contributed by atoms with van der Waals surface area (Å²) in [5.74, 6) is 0.812. The summed E-state index contributed by atoms with van der Waals surface area (Å²) in [5, 5.41) is 10.6. The molecule has 0 saturated carbocycles. The van der Waals surface area contributed by atoms with Crippen molar-refractivity contribution in [3.63, 3.8) is 0 Å². The molecule has 16 heavy (non-hydrogen) atoms. The number of halogens is 1. The lowest BCUT2D eigenvalue weighted by molar-refractivity contribution is 1.11. The fraction of sp³-hybridized carbons (Fsp3) is 0.100. The summed E-state index contributed by atoms with van der Waals surface area (Å²) < 4.78 is 1.86. The fourth-order valence-corrected chi connectivity index (χ4v) is 2.65. The van der Waals surface area contributed by atoms with Gasteiger partial charge in [-0.1, -0.05) is 11.6 Å². The van der Waals surface area contributed by atoms with Gasteiger partial charge >= 0.3 is 0 Å². The molecular formula is C10H7ClN4S. The number of rotatable bonds is 1. The molecule has 0 radical (unpaired) electrons. The van der Waals surface area contributed by atoms with Crippen molar-refractivity contribution in [2.45, 2.75) is 6.92 Å². The SMILES string of the molecule is Cc1ccsc1-c1nnc2c(Cl)nccn12. The molecule has 0 saturated heterocycles. The highest BCUT2D eigenvalue weighted by molar-refractivity contribution is 7.13. The molecule has 0 unspecified atom stereocenters. The summed E-state index contributed by atoms with van der Waals surface area (Å²) in [6.45, 7) is 2.05. The number of fused-ring (bicyclic) bond motifs is 1. The largest absolute Gasteiger partial charge is 0.278 e. The number of nitrogens with zero attached hydrogens (tertiary/aromatic N) is 4. The molecule has 3 heterocycles. The summed E-state index contributed by atoms with van der Waals surface area (Å²) in [4.78, 5) is 5.08. The van der Waals surface area contributed by atoms with Gasteiger partial charge in [-0.2, -0.15) is 0 Å². The van der Waals surface area contributed by atoms with E-state index in [9.17, 15) is 0 Å². The van der Waals surface area contributed by atoms with Gasteiger partial charge in [0.25, 0.3) is 0 Å². The van der Waals surface area contributed by atoms with Crippen LogP contribution in [0.1, 0.15) is 5.56 Å². The second kappa shape index (κ2) is 3.54. The van der Waals surface area contributed by atoms with E-state index in [0.717, 1.165) is 10.7 Å². The van der Waals surface area contributed by atoms with Crippen LogP contribution in [0.25, 0.3) is 16.3 Å². The Labute approximate surface area is 101 Å². The Balaban J connectivity index is 2.34. The minimum atomic E-state index is 0.371. The maximum Gasteiger partial charge on any atom is 0.198 e. The van der Waals surface area contributed by atoms with Crippen LogP contribution in [0, 0.1) is 6.92 Å². The van der Waals surface area contributed by atoms with E-state index in [4.69, 9.17) is 11.6 Å². The first-order valence-corrected chi connectivity index (χ1v) is 5.93. The molecule has 80 valence electrons. The van der Waals surface area contributed by atoms with Crippen LogP contribution in [0.5, 0.6) is 0 Å². The second-order valence-corrected chi connectivity index (χ2v) is 4.64. The normalized spacial score (nSPS) is 11.1. The first kappa shape index (κ1) is 9.74. The smallest absolute Gasteiger partial charge is 0.198 e. The summed E-state index contributed by atoms with van der Waals surface area (Å²) in [6, 6.07) is 2.06. The van der Waals surface area contributed by atoms with Crippen LogP contribution in [-0.2, 0) is 0 Å². The summed E-state index contributed by atoms with van der Waals surface area (Å²) in [5.41, 5.74) is 1.78. The lowest BCUT2D eigenvalue weighted by Gasteiger charge is -1.98. The van der Waals surface area contributed by atoms with Gasteiger partial charge in [-0.05, 0) is 23.9 Å². The Kier molecular flexibility index (Phi) is 2.15. The van der Waals surface area contributed by atoms with Crippen LogP contribution in [0.4, 0.5) is 0 Å². The zero-order valence-electron chi connectivity index (χ0n) is 8.38. The van der Waals surface area contributed by atoms with Crippen molar-refractivity contribution >= 4 is 28.6 Å². The highest BCUT2D eigenvalue weighted by atomic mass is 35.5. The number of hydrogen-bond acceptors (Lipinski definition) is 4. The second-order valence-electron chi connectivity index (χ2n) is 3.37. The van der Waals surface area contributed by atoms with E-state index >= 15 is 0 Å². The predicted molar refractivity (Wildman–Crippen MR) is 63.8 cm³/mol. The zero-order chi connectivity index (χ0) is 11.1. The van der Waals surface area contributed by atoms with Crippen molar-refractivity contribution in [3.05, 3.63) is 34.6 Å². The first-order valence-electron chi connectivity index (χ1n) is 4.67. The zero-order valence-corrected chi connectivity index (χ0v) is 9.96. The predicted octanol–water partition coefficient (Wildman–Crippen LogP) is 2.81. The Hall–Kier alpha value is -1.46. The van der Waals surface area contributed by atoms with E-state index < -0.39 is 0 Å². The summed E-state index contributed by atoms with van der Waals surface area (Å²) in [6.07, 6.45) is 3.46.